The average Bonchev–Trinajstić information content (AvgIpc) is 2.87. The summed E-state index contributed by atoms with van der Waals surface area (Å²) in [5.74, 6) is 2.03. The Hall–Kier alpha value is -3.35. The van der Waals surface area contributed by atoms with Gasteiger partial charge in [-0.1, -0.05) is 36.4 Å². The Morgan fingerprint density at radius 2 is 1.61 bits per heavy atom. The van der Waals surface area contributed by atoms with Crippen LogP contribution in [0.5, 0.6) is 17.2 Å². The number of ether oxygens (including phenoxy) is 3. The summed E-state index contributed by atoms with van der Waals surface area (Å²) in [5.41, 5.74) is 7.26. The third-order valence-electron chi connectivity index (χ3n) is 6.09. The standard InChI is InChI=1S/C27H29NO5/c1-31-25-13-17(11-19(15-29)23(25)16-30)12-24-22-14-21(18-7-5-4-6-8-18)27(33-3)26(32-2)20(22)9-10-28-24/h4-8,11,13-14,29-30H,9-10,12,15-16H2,1-3H3. The predicted octanol–water partition coefficient (Wildman–Crippen LogP) is 3.95. The van der Waals surface area contributed by atoms with Gasteiger partial charge in [-0.2, -0.15) is 0 Å². The minimum atomic E-state index is -0.194. The van der Waals surface area contributed by atoms with Crippen LogP contribution >= 0.6 is 0 Å². The van der Waals surface area contributed by atoms with Crippen molar-refractivity contribution in [3.05, 3.63) is 76.3 Å². The number of hydrogen-bond acceptors (Lipinski definition) is 6. The normalized spacial score (nSPS) is 12.7. The van der Waals surface area contributed by atoms with Crippen molar-refractivity contribution in [1.82, 2.24) is 0 Å². The molecule has 1 heterocycles. The van der Waals surface area contributed by atoms with Crippen molar-refractivity contribution in [3.63, 3.8) is 0 Å². The van der Waals surface area contributed by atoms with Gasteiger partial charge in [0.2, 0.25) is 0 Å². The van der Waals surface area contributed by atoms with Gasteiger partial charge in [-0.25, -0.2) is 0 Å². The number of methoxy groups -OCH3 is 3. The van der Waals surface area contributed by atoms with E-state index in [1.165, 1.54) is 0 Å². The third-order valence-corrected chi connectivity index (χ3v) is 6.09. The number of aliphatic hydroxyl groups is 2. The van der Waals surface area contributed by atoms with Gasteiger partial charge < -0.3 is 24.4 Å². The van der Waals surface area contributed by atoms with Gasteiger partial charge in [0.05, 0.1) is 34.5 Å². The van der Waals surface area contributed by atoms with Crippen LogP contribution in [0, 0.1) is 0 Å². The number of hydrogen-bond donors (Lipinski definition) is 2. The van der Waals surface area contributed by atoms with Crippen LogP contribution in [-0.2, 0) is 26.1 Å². The van der Waals surface area contributed by atoms with E-state index < -0.39 is 0 Å². The summed E-state index contributed by atoms with van der Waals surface area (Å²) < 4.78 is 17.1. The molecule has 0 amide bonds. The van der Waals surface area contributed by atoms with Crippen LogP contribution in [0.3, 0.4) is 0 Å². The molecular formula is C27H29NO5. The van der Waals surface area contributed by atoms with Crippen molar-refractivity contribution in [3.8, 4) is 28.4 Å². The van der Waals surface area contributed by atoms with Crippen molar-refractivity contribution in [2.24, 2.45) is 4.99 Å². The zero-order chi connectivity index (χ0) is 23.4. The first-order valence-electron chi connectivity index (χ1n) is 10.9. The molecular weight excluding hydrogens is 418 g/mol. The Bertz CT molecular complexity index is 1150. The molecule has 0 atom stereocenters. The lowest BCUT2D eigenvalue weighted by molar-refractivity contribution is 0.254. The highest BCUT2D eigenvalue weighted by molar-refractivity contribution is 6.06. The maximum atomic E-state index is 9.82. The lowest BCUT2D eigenvalue weighted by Crippen LogP contribution is -2.17. The van der Waals surface area contributed by atoms with E-state index in [0.717, 1.165) is 51.4 Å². The molecule has 0 fully saturated rings. The van der Waals surface area contributed by atoms with E-state index >= 15 is 0 Å². The van der Waals surface area contributed by atoms with E-state index in [9.17, 15) is 10.2 Å². The summed E-state index contributed by atoms with van der Waals surface area (Å²) in [6.07, 6.45) is 1.33. The molecule has 0 spiro atoms. The minimum Gasteiger partial charge on any atom is -0.496 e. The smallest absolute Gasteiger partial charge is 0.168 e. The predicted molar refractivity (Wildman–Crippen MR) is 129 cm³/mol. The number of rotatable bonds is 8. The molecule has 1 aliphatic heterocycles. The van der Waals surface area contributed by atoms with Crippen LogP contribution in [0.25, 0.3) is 11.1 Å². The lowest BCUT2D eigenvalue weighted by atomic mass is 9.88. The second-order valence-corrected chi connectivity index (χ2v) is 7.89. The second-order valence-electron chi connectivity index (χ2n) is 7.89. The highest BCUT2D eigenvalue weighted by Gasteiger charge is 2.25. The molecule has 172 valence electrons. The highest BCUT2D eigenvalue weighted by Crippen LogP contribution is 2.44. The number of fused-ring (bicyclic) bond motifs is 1. The minimum absolute atomic E-state index is 0.174. The van der Waals surface area contributed by atoms with Crippen molar-refractivity contribution in [2.45, 2.75) is 26.1 Å². The first-order chi connectivity index (χ1) is 16.1. The molecule has 3 aromatic carbocycles. The number of aliphatic hydroxyl groups excluding tert-OH is 2. The van der Waals surface area contributed by atoms with Crippen molar-refractivity contribution in [1.29, 1.82) is 0 Å². The second kappa shape index (κ2) is 10.1. The molecule has 0 aromatic heterocycles. The molecule has 2 N–H and O–H groups in total. The Labute approximate surface area is 194 Å². The van der Waals surface area contributed by atoms with E-state index in [2.05, 4.69) is 18.2 Å². The molecule has 0 saturated carbocycles. The molecule has 0 bridgehead atoms. The average molecular weight is 448 g/mol. The van der Waals surface area contributed by atoms with Gasteiger partial charge in [0.1, 0.15) is 5.75 Å². The van der Waals surface area contributed by atoms with Crippen LogP contribution in [0.15, 0.2) is 53.5 Å². The van der Waals surface area contributed by atoms with Crippen LogP contribution < -0.4 is 14.2 Å². The molecule has 0 unspecified atom stereocenters. The maximum Gasteiger partial charge on any atom is 0.168 e. The van der Waals surface area contributed by atoms with Gasteiger partial charge in [-0.3, -0.25) is 4.99 Å². The lowest BCUT2D eigenvalue weighted by Gasteiger charge is -2.24. The summed E-state index contributed by atoms with van der Waals surface area (Å²) >= 11 is 0. The highest BCUT2D eigenvalue weighted by atomic mass is 16.5. The molecule has 6 nitrogen and oxygen atoms in total. The summed E-state index contributed by atoms with van der Waals surface area (Å²) in [6, 6.07) is 16.0. The zero-order valence-electron chi connectivity index (χ0n) is 19.2. The van der Waals surface area contributed by atoms with Gasteiger partial charge in [-0.15, -0.1) is 0 Å². The molecule has 3 aromatic rings. The van der Waals surface area contributed by atoms with Crippen LogP contribution in [0.1, 0.15) is 27.8 Å². The summed E-state index contributed by atoms with van der Waals surface area (Å²) in [7, 11) is 4.90. The van der Waals surface area contributed by atoms with E-state index in [1.54, 1.807) is 21.3 Å². The first kappa shape index (κ1) is 22.8. The summed E-state index contributed by atoms with van der Waals surface area (Å²) in [5, 5.41) is 19.5. The van der Waals surface area contributed by atoms with E-state index in [1.807, 2.05) is 30.3 Å². The van der Waals surface area contributed by atoms with E-state index in [0.29, 0.717) is 29.8 Å². The quantitative estimate of drug-likeness (QED) is 0.547. The Balaban J connectivity index is 1.83. The van der Waals surface area contributed by atoms with Crippen molar-refractivity contribution in [2.75, 3.05) is 27.9 Å². The fraction of sp³-hybridized carbons (Fsp3) is 0.296. The van der Waals surface area contributed by atoms with Gasteiger partial charge in [0.25, 0.3) is 0 Å². The largest absolute Gasteiger partial charge is 0.496 e. The fourth-order valence-electron chi connectivity index (χ4n) is 4.54. The van der Waals surface area contributed by atoms with Gasteiger partial charge >= 0.3 is 0 Å². The van der Waals surface area contributed by atoms with Gasteiger partial charge in [0.15, 0.2) is 11.5 Å². The van der Waals surface area contributed by atoms with Crippen LogP contribution in [0.2, 0.25) is 0 Å². The molecule has 1 aliphatic rings. The van der Waals surface area contributed by atoms with Crippen molar-refractivity contribution >= 4 is 5.71 Å². The van der Waals surface area contributed by atoms with E-state index in [4.69, 9.17) is 19.2 Å². The zero-order valence-corrected chi connectivity index (χ0v) is 19.2. The van der Waals surface area contributed by atoms with Crippen molar-refractivity contribution < 1.29 is 24.4 Å². The van der Waals surface area contributed by atoms with E-state index in [-0.39, 0.29) is 13.2 Å². The topological polar surface area (TPSA) is 80.5 Å². The third kappa shape index (κ3) is 4.32. The fourth-order valence-corrected chi connectivity index (χ4v) is 4.54. The SMILES string of the molecule is COc1cc(CC2=NCCc3c2cc(-c2ccccc2)c(OC)c3OC)cc(CO)c1CO. The number of nitrogens with zero attached hydrogens (tertiary/aromatic N) is 1. The maximum absolute atomic E-state index is 9.82. The summed E-state index contributed by atoms with van der Waals surface area (Å²) in [6.45, 7) is 0.290. The molecule has 0 saturated heterocycles. The Kier molecular flexibility index (Phi) is 6.96. The van der Waals surface area contributed by atoms with Gasteiger partial charge in [-0.05, 0) is 35.2 Å². The van der Waals surface area contributed by atoms with Gasteiger partial charge in [0, 0.05) is 40.9 Å². The Morgan fingerprint density at radius 3 is 2.24 bits per heavy atom. The molecule has 33 heavy (non-hydrogen) atoms. The first-order valence-corrected chi connectivity index (χ1v) is 10.9. The number of benzene rings is 3. The number of aliphatic imine (C=N–C) groups is 1. The molecule has 6 heteroatoms. The molecule has 4 rings (SSSR count). The monoisotopic (exact) mass is 447 g/mol. The molecule has 0 radical (unpaired) electrons. The Morgan fingerprint density at radius 1 is 0.848 bits per heavy atom. The molecule has 0 aliphatic carbocycles. The van der Waals surface area contributed by atoms with Crippen LogP contribution in [-0.4, -0.2) is 43.8 Å². The summed E-state index contributed by atoms with van der Waals surface area (Å²) in [4.78, 5) is 4.85. The van der Waals surface area contributed by atoms with Crippen LogP contribution in [0.4, 0.5) is 0 Å².